The molecule has 0 bridgehead atoms. The van der Waals surface area contributed by atoms with Gasteiger partial charge in [-0.15, -0.1) is 11.3 Å². The van der Waals surface area contributed by atoms with Crippen LogP contribution >= 0.6 is 11.3 Å². The van der Waals surface area contributed by atoms with Gasteiger partial charge in [-0.25, -0.2) is 4.39 Å². The largest absolute Gasteiger partial charge is 0.468 e. The Hall–Kier alpha value is -2.44. The van der Waals surface area contributed by atoms with Gasteiger partial charge in [0.2, 0.25) is 5.91 Å². The summed E-state index contributed by atoms with van der Waals surface area (Å²) >= 11 is 1.63. The number of carbonyl (C=O) groups is 1. The van der Waals surface area contributed by atoms with E-state index in [4.69, 9.17) is 4.42 Å². The van der Waals surface area contributed by atoms with E-state index in [1.807, 2.05) is 34.5 Å². The molecule has 3 rings (SSSR count). The Labute approximate surface area is 149 Å². The number of furan rings is 1. The Morgan fingerprint density at radius 2 is 2.12 bits per heavy atom. The van der Waals surface area contributed by atoms with E-state index in [2.05, 4.69) is 5.32 Å². The minimum absolute atomic E-state index is 0.145. The number of nitrogens with zero attached hydrogens (tertiary/aromatic N) is 1. The first kappa shape index (κ1) is 17.4. The predicted molar refractivity (Wildman–Crippen MR) is 96.9 cm³/mol. The van der Waals surface area contributed by atoms with Gasteiger partial charge in [-0.05, 0) is 48.2 Å². The van der Waals surface area contributed by atoms with Gasteiger partial charge < -0.3 is 9.73 Å². The Bertz CT molecular complexity index is 780. The molecule has 0 aliphatic carbocycles. The molecule has 0 unspecified atom stereocenters. The van der Waals surface area contributed by atoms with Crippen molar-refractivity contribution in [3.8, 4) is 0 Å². The lowest BCUT2D eigenvalue weighted by Crippen LogP contribution is -2.32. The summed E-state index contributed by atoms with van der Waals surface area (Å²) in [6.07, 6.45) is 1.61. The number of nitrogens with one attached hydrogen (secondary N) is 1. The van der Waals surface area contributed by atoms with Gasteiger partial charge in [0.1, 0.15) is 11.6 Å². The van der Waals surface area contributed by atoms with Gasteiger partial charge in [-0.1, -0.05) is 12.1 Å². The maximum atomic E-state index is 13.9. The molecule has 2 heterocycles. The maximum absolute atomic E-state index is 13.9. The van der Waals surface area contributed by atoms with Crippen molar-refractivity contribution in [2.45, 2.75) is 20.0 Å². The summed E-state index contributed by atoms with van der Waals surface area (Å²) in [6.45, 7) is 3.09. The number of halogens is 1. The molecule has 0 spiro atoms. The highest BCUT2D eigenvalue weighted by molar-refractivity contribution is 7.09. The smallest absolute Gasteiger partial charge is 0.238 e. The molecular weight excluding hydrogens is 339 g/mol. The fourth-order valence-corrected chi connectivity index (χ4v) is 3.27. The van der Waals surface area contributed by atoms with Crippen LogP contribution < -0.4 is 5.32 Å². The van der Waals surface area contributed by atoms with E-state index in [0.717, 1.165) is 16.2 Å². The van der Waals surface area contributed by atoms with E-state index >= 15 is 0 Å². The Morgan fingerprint density at radius 3 is 2.80 bits per heavy atom. The summed E-state index contributed by atoms with van der Waals surface area (Å²) in [7, 11) is 0. The molecule has 25 heavy (non-hydrogen) atoms. The standard InChI is InChI=1S/C19H19FN2O2S/c1-14-6-7-18(17(20)10-14)21-19(23)13-22(11-15-4-2-8-24-15)12-16-5-3-9-25-16/h2-10H,11-13H2,1H3,(H,21,23). The highest BCUT2D eigenvalue weighted by Gasteiger charge is 2.15. The second kappa shape index (κ2) is 8.09. The molecular formula is C19H19FN2O2S. The third kappa shape index (κ3) is 5.01. The summed E-state index contributed by atoms with van der Waals surface area (Å²) in [5, 5.41) is 4.65. The van der Waals surface area contributed by atoms with E-state index in [9.17, 15) is 9.18 Å². The molecule has 1 amide bonds. The van der Waals surface area contributed by atoms with E-state index in [-0.39, 0.29) is 18.1 Å². The number of amides is 1. The SMILES string of the molecule is Cc1ccc(NC(=O)CN(Cc2ccco2)Cc2cccs2)c(F)c1. The van der Waals surface area contributed by atoms with E-state index in [0.29, 0.717) is 13.1 Å². The molecule has 1 aromatic carbocycles. The quantitative estimate of drug-likeness (QED) is 0.680. The minimum atomic E-state index is -0.427. The topological polar surface area (TPSA) is 45.5 Å². The molecule has 6 heteroatoms. The van der Waals surface area contributed by atoms with Crippen molar-refractivity contribution in [2.75, 3.05) is 11.9 Å². The molecule has 3 aromatic rings. The third-order valence-corrected chi connectivity index (χ3v) is 4.55. The number of thiophene rings is 1. The lowest BCUT2D eigenvalue weighted by Gasteiger charge is -2.20. The van der Waals surface area contributed by atoms with Gasteiger partial charge in [0.15, 0.2) is 0 Å². The zero-order chi connectivity index (χ0) is 17.6. The van der Waals surface area contributed by atoms with Crippen LogP contribution in [0.1, 0.15) is 16.2 Å². The minimum Gasteiger partial charge on any atom is -0.468 e. The van der Waals surface area contributed by atoms with Gasteiger partial charge in [0, 0.05) is 11.4 Å². The van der Waals surface area contributed by atoms with Gasteiger partial charge >= 0.3 is 0 Å². The fraction of sp³-hybridized carbons (Fsp3) is 0.211. The van der Waals surface area contributed by atoms with Crippen LogP contribution in [0.2, 0.25) is 0 Å². The third-order valence-electron chi connectivity index (χ3n) is 3.68. The molecule has 0 saturated heterocycles. The normalized spacial score (nSPS) is 11.0. The average Bonchev–Trinajstić information content (AvgIpc) is 3.24. The van der Waals surface area contributed by atoms with E-state index in [1.165, 1.54) is 6.07 Å². The maximum Gasteiger partial charge on any atom is 0.238 e. The van der Waals surface area contributed by atoms with Crippen molar-refractivity contribution in [2.24, 2.45) is 0 Å². The fourth-order valence-electron chi connectivity index (χ4n) is 2.53. The van der Waals surface area contributed by atoms with Crippen LogP contribution in [0.15, 0.2) is 58.5 Å². The van der Waals surface area contributed by atoms with Crippen molar-refractivity contribution in [3.05, 3.63) is 76.1 Å². The molecule has 130 valence electrons. The molecule has 1 N–H and O–H groups in total. The number of hydrogen-bond acceptors (Lipinski definition) is 4. The van der Waals surface area contributed by atoms with Gasteiger partial charge in [0.25, 0.3) is 0 Å². The summed E-state index contributed by atoms with van der Waals surface area (Å²) in [4.78, 5) is 15.5. The molecule has 0 fully saturated rings. The molecule has 0 atom stereocenters. The highest BCUT2D eigenvalue weighted by Crippen LogP contribution is 2.17. The van der Waals surface area contributed by atoms with Crippen molar-refractivity contribution in [1.29, 1.82) is 0 Å². The molecule has 0 aliphatic rings. The molecule has 2 aromatic heterocycles. The van der Waals surface area contributed by atoms with Crippen molar-refractivity contribution in [1.82, 2.24) is 4.90 Å². The van der Waals surface area contributed by atoms with Gasteiger partial charge in [-0.3, -0.25) is 9.69 Å². The number of hydrogen-bond donors (Lipinski definition) is 1. The van der Waals surface area contributed by atoms with E-state index < -0.39 is 5.82 Å². The van der Waals surface area contributed by atoms with Crippen LogP contribution in [0.25, 0.3) is 0 Å². The zero-order valence-electron chi connectivity index (χ0n) is 13.9. The average molecular weight is 358 g/mol. The van der Waals surface area contributed by atoms with Crippen molar-refractivity contribution >= 4 is 22.9 Å². The molecule has 0 aliphatic heterocycles. The lowest BCUT2D eigenvalue weighted by atomic mass is 10.2. The van der Waals surface area contributed by atoms with Crippen LogP contribution in [-0.4, -0.2) is 17.4 Å². The predicted octanol–water partition coefficient (Wildman–Crippen LogP) is 4.43. The van der Waals surface area contributed by atoms with Crippen LogP contribution in [0.3, 0.4) is 0 Å². The second-order valence-corrected chi connectivity index (χ2v) is 6.87. The number of anilines is 1. The highest BCUT2D eigenvalue weighted by atomic mass is 32.1. The number of benzene rings is 1. The summed E-state index contributed by atoms with van der Waals surface area (Å²) in [5.41, 5.74) is 1.01. The van der Waals surface area contributed by atoms with Crippen LogP contribution in [0.5, 0.6) is 0 Å². The van der Waals surface area contributed by atoms with Gasteiger partial charge in [-0.2, -0.15) is 0 Å². The summed E-state index contributed by atoms with van der Waals surface area (Å²) in [5.74, 6) is 0.0981. The lowest BCUT2D eigenvalue weighted by molar-refractivity contribution is -0.117. The zero-order valence-corrected chi connectivity index (χ0v) is 14.7. The first-order valence-corrected chi connectivity index (χ1v) is 8.81. The Morgan fingerprint density at radius 1 is 1.24 bits per heavy atom. The Kier molecular flexibility index (Phi) is 5.63. The number of carbonyl (C=O) groups excluding carboxylic acids is 1. The van der Waals surface area contributed by atoms with Crippen molar-refractivity contribution in [3.63, 3.8) is 0 Å². The molecule has 0 radical (unpaired) electrons. The first-order chi connectivity index (χ1) is 12.1. The monoisotopic (exact) mass is 358 g/mol. The van der Waals surface area contributed by atoms with Crippen LogP contribution in [0.4, 0.5) is 10.1 Å². The number of aryl methyl sites for hydroxylation is 1. The van der Waals surface area contributed by atoms with Crippen molar-refractivity contribution < 1.29 is 13.6 Å². The summed E-state index contributed by atoms with van der Waals surface area (Å²) < 4.78 is 19.3. The summed E-state index contributed by atoms with van der Waals surface area (Å²) in [6, 6.07) is 12.5. The van der Waals surface area contributed by atoms with E-state index in [1.54, 1.807) is 36.7 Å². The van der Waals surface area contributed by atoms with Gasteiger partial charge in [0.05, 0.1) is 25.0 Å². The molecule has 4 nitrogen and oxygen atoms in total. The number of rotatable bonds is 7. The van der Waals surface area contributed by atoms with Crippen LogP contribution in [0, 0.1) is 12.7 Å². The first-order valence-electron chi connectivity index (χ1n) is 7.93. The molecule has 0 saturated carbocycles. The van der Waals surface area contributed by atoms with Crippen LogP contribution in [-0.2, 0) is 17.9 Å². The Balaban J connectivity index is 1.66. The second-order valence-electron chi connectivity index (χ2n) is 5.84.